The molecule has 3 amide bonds. The van der Waals surface area contributed by atoms with Crippen molar-refractivity contribution >= 4 is 27.8 Å². The molecular formula is C28H36N4O6S. The van der Waals surface area contributed by atoms with Crippen LogP contribution in [0.3, 0.4) is 0 Å². The number of hydrogen-bond donors (Lipinski definition) is 2. The molecule has 2 N–H and O–H groups in total. The van der Waals surface area contributed by atoms with E-state index >= 15 is 0 Å². The fourth-order valence-electron chi connectivity index (χ4n) is 5.98. The van der Waals surface area contributed by atoms with E-state index in [1.165, 1.54) is 0 Å². The highest BCUT2D eigenvalue weighted by molar-refractivity contribution is 7.89. The van der Waals surface area contributed by atoms with Crippen molar-refractivity contribution in [3.05, 3.63) is 41.1 Å². The van der Waals surface area contributed by atoms with Gasteiger partial charge in [-0.15, -0.1) is 0 Å². The van der Waals surface area contributed by atoms with E-state index < -0.39 is 21.7 Å². The van der Waals surface area contributed by atoms with Crippen molar-refractivity contribution in [3.63, 3.8) is 0 Å². The summed E-state index contributed by atoms with van der Waals surface area (Å²) in [5.41, 5.74) is 5.02. The number of amides is 3. The predicted molar refractivity (Wildman–Crippen MR) is 147 cm³/mol. The zero-order chi connectivity index (χ0) is 28.2. The molecule has 0 atom stereocenters. The van der Waals surface area contributed by atoms with E-state index in [9.17, 15) is 18.0 Å². The van der Waals surface area contributed by atoms with Crippen LogP contribution in [-0.2, 0) is 27.6 Å². The number of aromatic nitrogens is 1. The van der Waals surface area contributed by atoms with Crippen LogP contribution in [0.2, 0.25) is 0 Å². The van der Waals surface area contributed by atoms with Gasteiger partial charge in [-0.1, -0.05) is 6.07 Å². The first-order chi connectivity index (χ1) is 18.2. The molecule has 1 aromatic carbocycles. The number of nitrogens with one attached hydrogen (secondary N) is 2. The van der Waals surface area contributed by atoms with Gasteiger partial charge in [0.2, 0.25) is 15.9 Å². The maximum absolute atomic E-state index is 12.5. The van der Waals surface area contributed by atoms with E-state index in [1.807, 2.05) is 44.5 Å². The Morgan fingerprint density at radius 3 is 2.54 bits per heavy atom. The van der Waals surface area contributed by atoms with Gasteiger partial charge in [-0.05, 0) is 88.1 Å². The molecule has 1 aliphatic heterocycles. The number of pyridine rings is 1. The van der Waals surface area contributed by atoms with Gasteiger partial charge in [-0.3, -0.25) is 0 Å². The lowest BCUT2D eigenvalue weighted by molar-refractivity contribution is -0.117. The monoisotopic (exact) mass is 556 g/mol. The highest BCUT2D eigenvalue weighted by Crippen LogP contribution is 2.50. The van der Waals surface area contributed by atoms with Crippen molar-refractivity contribution in [2.45, 2.75) is 71.5 Å². The van der Waals surface area contributed by atoms with Gasteiger partial charge in [0, 0.05) is 36.3 Å². The molecule has 11 heteroatoms. The average molecular weight is 557 g/mol. The number of aryl methyl sites for hydroxylation is 2. The van der Waals surface area contributed by atoms with Gasteiger partial charge in [0.05, 0.1) is 11.9 Å². The van der Waals surface area contributed by atoms with Gasteiger partial charge >= 0.3 is 12.1 Å². The Morgan fingerprint density at radius 2 is 1.87 bits per heavy atom. The Balaban J connectivity index is 1.29. The Bertz CT molecular complexity index is 1420. The number of ether oxygens (including phenoxy) is 2. The van der Waals surface area contributed by atoms with Crippen LogP contribution < -0.4 is 14.8 Å². The van der Waals surface area contributed by atoms with Crippen LogP contribution in [0.15, 0.2) is 24.4 Å². The second-order valence-corrected chi connectivity index (χ2v) is 13.9. The topological polar surface area (TPSA) is 127 Å². The predicted octanol–water partition coefficient (Wildman–Crippen LogP) is 4.41. The summed E-state index contributed by atoms with van der Waals surface area (Å²) >= 11 is 0. The summed E-state index contributed by atoms with van der Waals surface area (Å²) in [5, 5.41) is 2.81. The Kier molecular flexibility index (Phi) is 6.77. The maximum atomic E-state index is 12.5. The van der Waals surface area contributed by atoms with Crippen molar-refractivity contribution in [2.24, 2.45) is 5.41 Å². The zero-order valence-corrected chi connectivity index (χ0v) is 23.9. The van der Waals surface area contributed by atoms with Crippen LogP contribution in [0, 0.1) is 12.3 Å². The van der Waals surface area contributed by atoms with Gasteiger partial charge in [0.15, 0.2) is 0 Å². The Morgan fingerprint density at radius 1 is 1.15 bits per heavy atom. The third-order valence-corrected chi connectivity index (χ3v) is 8.01. The minimum atomic E-state index is -3.71. The molecule has 0 bridgehead atoms. The van der Waals surface area contributed by atoms with E-state index in [-0.39, 0.29) is 17.6 Å². The smallest absolute Gasteiger partial charge is 0.410 e. The van der Waals surface area contributed by atoms with Gasteiger partial charge < -0.3 is 19.7 Å². The molecule has 3 aliphatic rings. The van der Waals surface area contributed by atoms with Crippen molar-refractivity contribution in [1.29, 1.82) is 0 Å². The molecule has 2 heterocycles. The molecule has 0 radical (unpaired) electrons. The molecule has 1 aromatic heterocycles. The number of hydrogen-bond acceptors (Lipinski definition) is 7. The molecule has 2 aliphatic carbocycles. The number of carbonyl (C=O) groups excluding carboxylic acids is 2. The summed E-state index contributed by atoms with van der Waals surface area (Å²) in [4.78, 5) is 31.0. The van der Waals surface area contributed by atoms with E-state index in [0.717, 1.165) is 66.2 Å². The van der Waals surface area contributed by atoms with Crippen molar-refractivity contribution in [1.82, 2.24) is 14.6 Å². The molecule has 2 aromatic rings. The largest absolute Gasteiger partial charge is 0.474 e. The molecule has 0 unspecified atom stereocenters. The quantitative estimate of drug-likeness (QED) is 0.559. The standard InChI is InChI=1S/C28H36N4O6S/c1-17-11-18-7-6-8-21(18)24(30-25(33)31-39(5,35)36)23(17)19-9-10-29-22(12-19)37-20-13-28(14-20)15-32(16-28)26(34)38-27(2,3)4/h9-12,20H,6-8,13-16H2,1-5H3,(H2,30,31,33). The van der Waals surface area contributed by atoms with E-state index in [2.05, 4.69) is 16.4 Å². The maximum Gasteiger partial charge on any atom is 0.410 e. The molecule has 1 saturated heterocycles. The van der Waals surface area contributed by atoms with Gasteiger partial charge in [0.25, 0.3) is 0 Å². The number of likely N-dealkylation sites (tertiary alicyclic amines) is 1. The first kappa shape index (κ1) is 27.2. The number of sulfonamides is 1. The molecule has 1 spiro atoms. The van der Waals surface area contributed by atoms with Crippen molar-refractivity contribution in [2.75, 3.05) is 24.7 Å². The van der Waals surface area contributed by atoms with Gasteiger partial charge in [-0.25, -0.2) is 27.7 Å². The van der Waals surface area contributed by atoms with Gasteiger partial charge in [-0.2, -0.15) is 0 Å². The third kappa shape index (κ3) is 5.98. The minimum Gasteiger partial charge on any atom is -0.474 e. The first-order valence-electron chi connectivity index (χ1n) is 13.3. The molecule has 5 rings (SSSR count). The number of nitrogens with zero attached hydrogens (tertiary/aromatic N) is 2. The van der Waals surface area contributed by atoms with E-state index in [4.69, 9.17) is 9.47 Å². The summed E-state index contributed by atoms with van der Waals surface area (Å²) in [6.45, 7) is 8.92. The van der Waals surface area contributed by atoms with E-state index in [0.29, 0.717) is 24.7 Å². The SMILES string of the molecule is Cc1cc2c(c(NC(=O)NS(C)(=O)=O)c1-c1ccnc(OC3CC4(C3)CN(C(=O)OC(C)(C)C)C4)c1)CCC2. The second kappa shape index (κ2) is 9.69. The summed E-state index contributed by atoms with van der Waals surface area (Å²) < 4.78 is 36.9. The number of carbonyl (C=O) groups is 2. The number of fused-ring (bicyclic) bond motifs is 1. The number of anilines is 1. The average Bonchev–Trinajstić information content (AvgIpc) is 3.20. The van der Waals surface area contributed by atoms with Crippen LogP contribution in [0.5, 0.6) is 5.88 Å². The van der Waals surface area contributed by atoms with Crippen molar-refractivity contribution < 1.29 is 27.5 Å². The lowest BCUT2D eigenvalue weighted by Crippen LogP contribution is -2.66. The summed E-state index contributed by atoms with van der Waals surface area (Å²) in [6, 6.07) is 5.08. The minimum absolute atomic E-state index is 0.00721. The van der Waals surface area contributed by atoms with Crippen molar-refractivity contribution in [3.8, 4) is 17.0 Å². The Labute approximate surface area is 229 Å². The van der Waals surface area contributed by atoms with Crippen LogP contribution in [0.4, 0.5) is 15.3 Å². The lowest BCUT2D eigenvalue weighted by atomic mass is 9.62. The molecule has 39 heavy (non-hydrogen) atoms. The van der Waals surface area contributed by atoms with Crippen LogP contribution in [0.1, 0.15) is 56.7 Å². The molecule has 1 saturated carbocycles. The normalized spacial score (nSPS) is 18.1. The summed E-state index contributed by atoms with van der Waals surface area (Å²) in [6.07, 6.45) is 6.74. The lowest BCUT2D eigenvalue weighted by Gasteiger charge is -2.57. The third-order valence-electron chi connectivity index (χ3n) is 7.45. The van der Waals surface area contributed by atoms with Crippen LogP contribution in [-0.4, -0.2) is 61.5 Å². The number of benzene rings is 1. The molecule has 10 nitrogen and oxygen atoms in total. The molecular weight excluding hydrogens is 520 g/mol. The molecule has 2 fully saturated rings. The zero-order valence-electron chi connectivity index (χ0n) is 23.1. The fourth-order valence-corrected chi connectivity index (χ4v) is 6.37. The Hall–Kier alpha value is -3.34. The highest BCUT2D eigenvalue weighted by Gasteiger charge is 2.55. The van der Waals surface area contributed by atoms with E-state index in [1.54, 1.807) is 11.1 Å². The summed E-state index contributed by atoms with van der Waals surface area (Å²) in [5.74, 6) is 0.488. The fraction of sp³-hybridized carbons (Fsp3) is 0.536. The first-order valence-corrected chi connectivity index (χ1v) is 15.1. The highest BCUT2D eigenvalue weighted by atomic mass is 32.2. The number of rotatable bonds is 5. The van der Waals surface area contributed by atoms with Gasteiger partial charge in [0.1, 0.15) is 11.7 Å². The second-order valence-electron chi connectivity index (χ2n) is 12.1. The van der Waals surface area contributed by atoms with Crippen LogP contribution >= 0.6 is 0 Å². The van der Waals surface area contributed by atoms with Crippen LogP contribution in [0.25, 0.3) is 11.1 Å². The summed E-state index contributed by atoms with van der Waals surface area (Å²) in [7, 11) is -3.71. The number of urea groups is 1. The molecule has 210 valence electrons.